The lowest BCUT2D eigenvalue weighted by Crippen LogP contribution is -2.34. The van der Waals surface area contributed by atoms with Crippen LogP contribution in [0.25, 0.3) is 10.9 Å². The van der Waals surface area contributed by atoms with E-state index in [1.165, 1.54) is 7.11 Å². The molecule has 0 bridgehead atoms. The summed E-state index contributed by atoms with van der Waals surface area (Å²) in [6.45, 7) is 0.0797. The van der Waals surface area contributed by atoms with Gasteiger partial charge in [0.05, 0.1) is 20.1 Å². The summed E-state index contributed by atoms with van der Waals surface area (Å²) in [5, 5.41) is 6.39. The fourth-order valence-electron chi connectivity index (χ4n) is 3.39. The zero-order valence-corrected chi connectivity index (χ0v) is 15.8. The van der Waals surface area contributed by atoms with Crippen LogP contribution in [-0.4, -0.2) is 40.9 Å². The molecule has 1 aromatic heterocycles. The number of aromatic nitrogens is 1. The molecule has 1 atom stereocenters. The van der Waals surface area contributed by atoms with Gasteiger partial charge in [0.2, 0.25) is 5.91 Å². The molecule has 0 unspecified atom stereocenters. The number of fused-ring (bicyclic) bond motifs is 1. The summed E-state index contributed by atoms with van der Waals surface area (Å²) in [4.78, 5) is 41.5. The molecule has 1 aliphatic heterocycles. The van der Waals surface area contributed by atoms with E-state index in [-0.39, 0.29) is 18.9 Å². The molecule has 4 amide bonds. The Bertz CT molecular complexity index is 1090. The SMILES string of the molecule is COc1ccccc1CN1C(=O)N[C@@H](CC(=O)Nc2ccc3cc[nH]c3c2)C1=O. The van der Waals surface area contributed by atoms with Crippen LogP contribution in [0.2, 0.25) is 0 Å². The van der Waals surface area contributed by atoms with E-state index in [0.29, 0.717) is 17.0 Å². The van der Waals surface area contributed by atoms with Crippen molar-refractivity contribution in [2.24, 2.45) is 0 Å². The molecule has 8 nitrogen and oxygen atoms in total. The number of H-pyrrole nitrogens is 1. The fourth-order valence-corrected chi connectivity index (χ4v) is 3.39. The lowest BCUT2D eigenvalue weighted by molar-refractivity contribution is -0.130. The maximum absolute atomic E-state index is 12.7. The normalized spacial score (nSPS) is 16.2. The Hall–Kier alpha value is -3.81. The molecule has 0 aliphatic carbocycles. The van der Waals surface area contributed by atoms with Gasteiger partial charge in [-0.1, -0.05) is 24.3 Å². The standard InChI is InChI=1S/C21H20N4O4/c1-29-18-5-3-2-4-14(18)12-25-20(27)17(24-21(25)28)11-19(26)23-15-7-6-13-8-9-22-16(13)10-15/h2-10,17,22H,11-12H2,1H3,(H,23,26)(H,24,28)/t17-/m0/s1. The van der Waals surface area contributed by atoms with Gasteiger partial charge in [0.1, 0.15) is 11.8 Å². The van der Waals surface area contributed by atoms with Crippen molar-refractivity contribution >= 4 is 34.4 Å². The molecule has 1 saturated heterocycles. The highest BCUT2D eigenvalue weighted by molar-refractivity contribution is 6.07. The largest absolute Gasteiger partial charge is 0.496 e. The first kappa shape index (κ1) is 18.5. The summed E-state index contributed by atoms with van der Waals surface area (Å²) in [5.74, 6) is -0.196. The Morgan fingerprint density at radius 3 is 2.83 bits per heavy atom. The van der Waals surface area contributed by atoms with E-state index < -0.39 is 18.0 Å². The Kier molecular flexibility index (Phi) is 4.90. The molecule has 29 heavy (non-hydrogen) atoms. The van der Waals surface area contributed by atoms with E-state index in [1.807, 2.05) is 36.5 Å². The van der Waals surface area contributed by atoms with E-state index in [0.717, 1.165) is 15.8 Å². The zero-order valence-electron chi connectivity index (χ0n) is 15.8. The topological polar surface area (TPSA) is 104 Å². The molecule has 4 rings (SSSR count). The zero-order chi connectivity index (χ0) is 20.4. The van der Waals surface area contributed by atoms with E-state index >= 15 is 0 Å². The minimum Gasteiger partial charge on any atom is -0.496 e. The van der Waals surface area contributed by atoms with Crippen LogP contribution in [0.5, 0.6) is 5.75 Å². The highest BCUT2D eigenvalue weighted by Crippen LogP contribution is 2.22. The van der Waals surface area contributed by atoms with Gasteiger partial charge in [-0.05, 0) is 29.7 Å². The number of amides is 4. The number of para-hydroxylation sites is 1. The van der Waals surface area contributed by atoms with Crippen LogP contribution in [-0.2, 0) is 16.1 Å². The summed E-state index contributed by atoms with van der Waals surface area (Å²) >= 11 is 0. The molecule has 2 heterocycles. The minimum absolute atomic E-state index is 0.0797. The predicted molar refractivity (Wildman–Crippen MR) is 107 cm³/mol. The summed E-state index contributed by atoms with van der Waals surface area (Å²) in [7, 11) is 1.53. The number of nitrogens with one attached hydrogen (secondary N) is 3. The van der Waals surface area contributed by atoms with Crippen LogP contribution < -0.4 is 15.4 Å². The monoisotopic (exact) mass is 392 g/mol. The number of carbonyl (C=O) groups is 3. The van der Waals surface area contributed by atoms with Crippen LogP contribution in [0.15, 0.2) is 54.7 Å². The van der Waals surface area contributed by atoms with Crippen molar-refractivity contribution in [1.82, 2.24) is 15.2 Å². The smallest absolute Gasteiger partial charge is 0.325 e. The van der Waals surface area contributed by atoms with Gasteiger partial charge in [0.25, 0.3) is 5.91 Å². The van der Waals surface area contributed by atoms with E-state index in [4.69, 9.17) is 4.74 Å². The molecule has 1 aliphatic rings. The highest BCUT2D eigenvalue weighted by atomic mass is 16.5. The first-order valence-corrected chi connectivity index (χ1v) is 9.16. The lowest BCUT2D eigenvalue weighted by Gasteiger charge is -2.15. The number of anilines is 1. The van der Waals surface area contributed by atoms with Crippen LogP contribution in [0, 0.1) is 0 Å². The van der Waals surface area contributed by atoms with Gasteiger partial charge in [-0.2, -0.15) is 0 Å². The highest BCUT2D eigenvalue weighted by Gasteiger charge is 2.39. The maximum Gasteiger partial charge on any atom is 0.325 e. The average Bonchev–Trinajstić information content (AvgIpc) is 3.28. The third-order valence-corrected chi connectivity index (χ3v) is 4.86. The lowest BCUT2D eigenvalue weighted by atomic mass is 10.1. The molecule has 1 fully saturated rings. The van der Waals surface area contributed by atoms with Crippen molar-refractivity contribution in [3.05, 3.63) is 60.3 Å². The summed E-state index contributed by atoms with van der Waals surface area (Å²) in [5.41, 5.74) is 2.23. The van der Waals surface area contributed by atoms with E-state index in [9.17, 15) is 14.4 Å². The average molecular weight is 392 g/mol. The minimum atomic E-state index is -0.897. The number of carbonyl (C=O) groups excluding carboxylic acids is 3. The van der Waals surface area contributed by atoms with Crippen molar-refractivity contribution in [3.8, 4) is 5.75 Å². The Morgan fingerprint density at radius 2 is 2.00 bits per heavy atom. The second-order valence-electron chi connectivity index (χ2n) is 6.77. The van der Waals surface area contributed by atoms with E-state index in [2.05, 4.69) is 15.6 Å². The predicted octanol–water partition coefficient (Wildman–Crippen LogP) is 2.63. The van der Waals surface area contributed by atoms with Gasteiger partial charge >= 0.3 is 6.03 Å². The van der Waals surface area contributed by atoms with Gasteiger partial charge in [0, 0.05) is 23.0 Å². The second-order valence-corrected chi connectivity index (χ2v) is 6.77. The number of imide groups is 1. The van der Waals surface area contributed by atoms with Crippen LogP contribution in [0.1, 0.15) is 12.0 Å². The van der Waals surface area contributed by atoms with Gasteiger partial charge in [-0.15, -0.1) is 0 Å². The number of hydrogen-bond donors (Lipinski definition) is 3. The molecule has 0 saturated carbocycles. The Balaban J connectivity index is 1.41. The molecule has 0 spiro atoms. The number of ether oxygens (including phenoxy) is 1. The van der Waals surface area contributed by atoms with Gasteiger partial charge < -0.3 is 20.4 Å². The number of nitrogens with zero attached hydrogens (tertiary/aromatic N) is 1. The van der Waals surface area contributed by atoms with Crippen LogP contribution in [0.3, 0.4) is 0 Å². The molecule has 3 N–H and O–H groups in total. The van der Waals surface area contributed by atoms with Crippen LogP contribution in [0.4, 0.5) is 10.5 Å². The van der Waals surface area contributed by atoms with Crippen molar-refractivity contribution in [2.75, 3.05) is 12.4 Å². The van der Waals surface area contributed by atoms with Gasteiger partial charge in [-0.25, -0.2) is 4.79 Å². The van der Waals surface area contributed by atoms with Gasteiger partial charge in [0.15, 0.2) is 0 Å². The summed E-state index contributed by atoms with van der Waals surface area (Å²) in [6, 6.07) is 13.2. The number of rotatable bonds is 6. The molecule has 0 radical (unpaired) electrons. The molecule has 8 heteroatoms. The van der Waals surface area contributed by atoms with Gasteiger partial charge in [-0.3, -0.25) is 14.5 Å². The number of aromatic amines is 1. The van der Waals surface area contributed by atoms with Crippen molar-refractivity contribution in [1.29, 1.82) is 0 Å². The third-order valence-electron chi connectivity index (χ3n) is 4.86. The molecule has 2 aromatic carbocycles. The molecule has 3 aromatic rings. The van der Waals surface area contributed by atoms with E-state index in [1.54, 1.807) is 18.2 Å². The maximum atomic E-state index is 12.7. The first-order chi connectivity index (χ1) is 14.0. The Morgan fingerprint density at radius 1 is 1.17 bits per heavy atom. The first-order valence-electron chi connectivity index (χ1n) is 9.16. The van der Waals surface area contributed by atoms with Crippen molar-refractivity contribution < 1.29 is 19.1 Å². The summed E-state index contributed by atoms with van der Waals surface area (Å²) in [6.07, 6.45) is 1.68. The van der Waals surface area contributed by atoms with Crippen LogP contribution >= 0.6 is 0 Å². The third kappa shape index (κ3) is 3.77. The Labute approximate surface area is 166 Å². The molecular formula is C21H20N4O4. The fraction of sp³-hybridized carbons (Fsp3) is 0.190. The summed E-state index contributed by atoms with van der Waals surface area (Å²) < 4.78 is 5.27. The number of benzene rings is 2. The molecular weight excluding hydrogens is 372 g/mol. The van der Waals surface area contributed by atoms with Crippen molar-refractivity contribution in [2.45, 2.75) is 19.0 Å². The number of hydrogen-bond acceptors (Lipinski definition) is 4. The second kappa shape index (κ2) is 7.67. The number of methoxy groups -OCH3 is 1. The quantitative estimate of drug-likeness (QED) is 0.561. The molecule has 148 valence electrons. The van der Waals surface area contributed by atoms with Crippen molar-refractivity contribution in [3.63, 3.8) is 0 Å². The number of urea groups is 1.